The minimum atomic E-state index is 0.499. The summed E-state index contributed by atoms with van der Waals surface area (Å²) in [5.74, 6) is 0.879. The average molecular weight is 300 g/mol. The summed E-state index contributed by atoms with van der Waals surface area (Å²) < 4.78 is 0. The van der Waals surface area contributed by atoms with Crippen LogP contribution in [0.4, 0.5) is 0 Å². The van der Waals surface area contributed by atoms with Crippen molar-refractivity contribution in [2.24, 2.45) is 5.92 Å². The van der Waals surface area contributed by atoms with Gasteiger partial charge in [-0.1, -0.05) is 55.3 Å². The predicted octanol–water partition coefficient (Wildman–Crippen LogP) is 5.09. The number of hydrogen-bond acceptors (Lipinski definition) is 1. The van der Waals surface area contributed by atoms with Gasteiger partial charge in [-0.25, -0.2) is 0 Å². The maximum atomic E-state index is 6.25. The molecule has 0 amide bonds. The Morgan fingerprint density at radius 1 is 1.21 bits per heavy atom. The van der Waals surface area contributed by atoms with Gasteiger partial charge in [-0.2, -0.15) is 0 Å². The molecule has 19 heavy (non-hydrogen) atoms. The lowest BCUT2D eigenvalue weighted by Crippen LogP contribution is -2.30. The predicted molar refractivity (Wildman–Crippen MR) is 84.2 cm³/mol. The Hall–Kier alpha value is -0.240. The van der Waals surface area contributed by atoms with Crippen LogP contribution >= 0.6 is 23.2 Å². The second-order valence-electron chi connectivity index (χ2n) is 5.67. The van der Waals surface area contributed by atoms with Crippen molar-refractivity contribution in [1.82, 2.24) is 5.32 Å². The van der Waals surface area contributed by atoms with E-state index in [1.807, 2.05) is 25.2 Å². The molecule has 1 aliphatic rings. The Balaban J connectivity index is 1.95. The number of halogens is 2. The smallest absolute Gasteiger partial charge is 0.0439 e. The van der Waals surface area contributed by atoms with Crippen LogP contribution in [-0.4, -0.2) is 13.1 Å². The van der Waals surface area contributed by atoms with Crippen molar-refractivity contribution in [3.05, 3.63) is 33.8 Å². The molecule has 1 unspecified atom stereocenters. The van der Waals surface area contributed by atoms with E-state index in [9.17, 15) is 0 Å². The number of nitrogens with one attached hydrogen (secondary N) is 1. The molecule has 2 rings (SSSR count). The molecular formula is C16H23Cl2N. The molecule has 0 spiro atoms. The summed E-state index contributed by atoms with van der Waals surface area (Å²) in [5, 5.41) is 5.04. The van der Waals surface area contributed by atoms with Crippen LogP contribution in [0.3, 0.4) is 0 Å². The fraction of sp³-hybridized carbons (Fsp3) is 0.625. The van der Waals surface area contributed by atoms with E-state index in [2.05, 4.69) is 5.32 Å². The molecule has 0 saturated heterocycles. The highest BCUT2D eigenvalue weighted by Gasteiger charge is 2.19. The Labute approximate surface area is 126 Å². The molecule has 3 heteroatoms. The van der Waals surface area contributed by atoms with E-state index in [1.165, 1.54) is 38.5 Å². The van der Waals surface area contributed by atoms with Crippen molar-refractivity contribution < 1.29 is 0 Å². The molecule has 1 aliphatic carbocycles. The molecule has 0 heterocycles. The molecule has 1 fully saturated rings. The zero-order valence-corrected chi connectivity index (χ0v) is 13.1. The molecule has 0 aromatic heterocycles. The van der Waals surface area contributed by atoms with E-state index in [1.54, 1.807) is 0 Å². The summed E-state index contributed by atoms with van der Waals surface area (Å²) in [5.41, 5.74) is 1.16. The van der Waals surface area contributed by atoms with E-state index >= 15 is 0 Å². The number of likely N-dealkylation sites (N-methyl/N-ethyl adjacent to an activating group) is 1. The molecule has 0 aliphatic heterocycles. The summed E-state index contributed by atoms with van der Waals surface area (Å²) >= 11 is 12.3. The van der Waals surface area contributed by atoms with E-state index < -0.39 is 0 Å². The van der Waals surface area contributed by atoms with Gasteiger partial charge in [-0.15, -0.1) is 0 Å². The lowest BCUT2D eigenvalue weighted by atomic mass is 9.83. The SMILES string of the molecule is CNC(Cc1cc(Cl)ccc1Cl)CC1CCCCC1. The van der Waals surface area contributed by atoms with E-state index in [0.717, 1.165) is 27.9 Å². The first-order valence-electron chi connectivity index (χ1n) is 7.30. The van der Waals surface area contributed by atoms with Crippen molar-refractivity contribution in [1.29, 1.82) is 0 Å². The van der Waals surface area contributed by atoms with Crippen LogP contribution in [0.1, 0.15) is 44.1 Å². The second-order valence-corrected chi connectivity index (χ2v) is 6.51. The zero-order chi connectivity index (χ0) is 13.7. The van der Waals surface area contributed by atoms with Gasteiger partial charge in [0.25, 0.3) is 0 Å². The first-order valence-corrected chi connectivity index (χ1v) is 8.06. The molecule has 1 aromatic carbocycles. The number of benzene rings is 1. The highest BCUT2D eigenvalue weighted by atomic mass is 35.5. The fourth-order valence-corrected chi connectivity index (χ4v) is 3.48. The topological polar surface area (TPSA) is 12.0 Å². The molecule has 0 radical (unpaired) electrons. The fourth-order valence-electron chi connectivity index (χ4n) is 3.09. The van der Waals surface area contributed by atoms with Gasteiger partial charge in [0.1, 0.15) is 0 Å². The van der Waals surface area contributed by atoms with Gasteiger partial charge >= 0.3 is 0 Å². The number of hydrogen-bond donors (Lipinski definition) is 1. The van der Waals surface area contributed by atoms with Gasteiger partial charge in [0.05, 0.1) is 0 Å². The third-order valence-electron chi connectivity index (χ3n) is 4.22. The van der Waals surface area contributed by atoms with Gasteiger partial charge in [0.2, 0.25) is 0 Å². The van der Waals surface area contributed by atoms with Gasteiger partial charge in [0.15, 0.2) is 0 Å². The third kappa shape index (κ3) is 4.66. The van der Waals surface area contributed by atoms with Crippen LogP contribution in [0.25, 0.3) is 0 Å². The standard InChI is InChI=1S/C16H23Cl2N/c1-19-15(9-12-5-3-2-4-6-12)11-13-10-14(17)7-8-16(13)18/h7-8,10,12,15,19H,2-6,9,11H2,1H3. The lowest BCUT2D eigenvalue weighted by Gasteiger charge is -2.26. The van der Waals surface area contributed by atoms with E-state index in [-0.39, 0.29) is 0 Å². The highest BCUT2D eigenvalue weighted by molar-refractivity contribution is 6.33. The molecule has 1 aromatic rings. The van der Waals surface area contributed by atoms with Crippen LogP contribution in [0, 0.1) is 5.92 Å². The lowest BCUT2D eigenvalue weighted by molar-refractivity contribution is 0.303. The Morgan fingerprint density at radius 2 is 1.95 bits per heavy atom. The minimum Gasteiger partial charge on any atom is -0.317 e. The van der Waals surface area contributed by atoms with Crippen LogP contribution in [0.15, 0.2) is 18.2 Å². The van der Waals surface area contributed by atoms with Gasteiger partial charge in [-0.05, 0) is 49.6 Å². The van der Waals surface area contributed by atoms with Gasteiger partial charge in [-0.3, -0.25) is 0 Å². The molecule has 1 atom stereocenters. The summed E-state index contributed by atoms with van der Waals surface area (Å²) in [6.45, 7) is 0. The monoisotopic (exact) mass is 299 g/mol. The first-order chi connectivity index (χ1) is 9.19. The molecule has 1 nitrogen and oxygen atoms in total. The second kappa shape index (κ2) is 7.52. The minimum absolute atomic E-state index is 0.499. The van der Waals surface area contributed by atoms with Crippen LogP contribution < -0.4 is 5.32 Å². The van der Waals surface area contributed by atoms with Crippen LogP contribution in [-0.2, 0) is 6.42 Å². The van der Waals surface area contributed by atoms with Crippen molar-refractivity contribution in [2.45, 2.75) is 51.0 Å². The first kappa shape index (κ1) is 15.2. The maximum Gasteiger partial charge on any atom is 0.0439 e. The molecule has 0 bridgehead atoms. The third-order valence-corrected chi connectivity index (χ3v) is 4.83. The van der Waals surface area contributed by atoms with Crippen LogP contribution in [0.2, 0.25) is 10.0 Å². The molecular weight excluding hydrogens is 277 g/mol. The Morgan fingerprint density at radius 3 is 2.63 bits per heavy atom. The normalized spacial score (nSPS) is 18.5. The zero-order valence-electron chi connectivity index (χ0n) is 11.6. The molecule has 106 valence electrons. The summed E-state index contributed by atoms with van der Waals surface area (Å²) in [6, 6.07) is 6.24. The average Bonchev–Trinajstić information content (AvgIpc) is 2.43. The van der Waals surface area contributed by atoms with Crippen molar-refractivity contribution in [3.63, 3.8) is 0 Å². The van der Waals surface area contributed by atoms with Gasteiger partial charge < -0.3 is 5.32 Å². The molecule has 1 N–H and O–H groups in total. The summed E-state index contributed by atoms with van der Waals surface area (Å²) in [7, 11) is 2.05. The van der Waals surface area contributed by atoms with E-state index in [4.69, 9.17) is 23.2 Å². The number of rotatable bonds is 5. The largest absolute Gasteiger partial charge is 0.317 e. The Kier molecular flexibility index (Phi) is 6.00. The molecule has 1 saturated carbocycles. The van der Waals surface area contributed by atoms with Crippen LogP contribution in [0.5, 0.6) is 0 Å². The van der Waals surface area contributed by atoms with E-state index in [0.29, 0.717) is 6.04 Å². The summed E-state index contributed by atoms with van der Waals surface area (Å²) in [4.78, 5) is 0. The Bertz CT molecular complexity index is 400. The van der Waals surface area contributed by atoms with Crippen molar-refractivity contribution in [3.8, 4) is 0 Å². The van der Waals surface area contributed by atoms with Crippen molar-refractivity contribution in [2.75, 3.05) is 7.05 Å². The highest BCUT2D eigenvalue weighted by Crippen LogP contribution is 2.29. The quantitative estimate of drug-likeness (QED) is 0.798. The van der Waals surface area contributed by atoms with Gasteiger partial charge in [0, 0.05) is 16.1 Å². The summed E-state index contributed by atoms with van der Waals surface area (Å²) in [6.07, 6.45) is 9.22. The van der Waals surface area contributed by atoms with Crippen molar-refractivity contribution >= 4 is 23.2 Å². The maximum absolute atomic E-state index is 6.25.